The molecule has 93 heavy (non-hydrogen) atoms. The summed E-state index contributed by atoms with van der Waals surface area (Å²) >= 11 is 0. The van der Waals surface area contributed by atoms with E-state index in [4.69, 9.17) is 39.5 Å². The van der Waals surface area contributed by atoms with Crippen LogP contribution >= 0.6 is 0 Å². The fourth-order valence-electron chi connectivity index (χ4n) is 8.94. The number of primary amides is 2. The molecule has 40 heteroatoms. The van der Waals surface area contributed by atoms with Crippen molar-refractivity contribution in [2.45, 2.75) is 184 Å². The molecule has 522 valence electrons. The molecule has 0 radical (unpaired) electrons. The lowest BCUT2D eigenvalue weighted by atomic mass is 10.0. The monoisotopic (exact) mass is 1330 g/mol. The van der Waals surface area contributed by atoms with E-state index in [1.54, 1.807) is 13.8 Å². The van der Waals surface area contributed by atoms with Gasteiger partial charge in [0.1, 0.15) is 60.4 Å². The second-order valence-corrected chi connectivity index (χ2v) is 22.0. The summed E-state index contributed by atoms with van der Waals surface area (Å²) in [4.78, 5) is 224. The molecule has 0 aliphatic carbocycles. The Morgan fingerprint density at radius 3 is 1.56 bits per heavy atom. The Labute approximate surface area is 532 Å². The highest BCUT2D eigenvalue weighted by atomic mass is 16.4. The summed E-state index contributed by atoms with van der Waals surface area (Å²) < 4.78 is 0. The maximum atomic E-state index is 14.3. The molecule has 13 amide bonds. The van der Waals surface area contributed by atoms with Crippen LogP contribution in [-0.2, 0) is 81.5 Å². The normalized spacial score (nSPS) is 15.8. The molecule has 0 aromatic heterocycles. The number of carbonyl (C=O) groups is 17. The maximum absolute atomic E-state index is 14.3. The lowest BCUT2D eigenvalue weighted by molar-refractivity contribution is -0.147. The van der Waals surface area contributed by atoms with Crippen LogP contribution in [0.1, 0.15) is 117 Å². The molecule has 0 aromatic rings. The second kappa shape index (κ2) is 41.5. The number of aliphatic carboxylic acids is 4. The number of nitrogens with zero attached hydrogens (tertiary/aromatic N) is 2. The minimum absolute atomic E-state index is 0.00359. The predicted octanol–water partition coefficient (Wildman–Crippen LogP) is -9.94. The number of aliphatic hydroxyl groups is 1. The summed E-state index contributed by atoms with van der Waals surface area (Å²) in [5.74, 6) is -21.1. The number of guanidine groups is 1. The number of amides is 13. The molecule has 0 aromatic carbocycles. The lowest BCUT2D eigenvalue weighted by Crippen LogP contribution is -2.60. The van der Waals surface area contributed by atoms with Crippen LogP contribution in [-0.4, -0.2) is 236 Å². The zero-order valence-electron chi connectivity index (χ0n) is 51.6. The molecule has 1 aliphatic rings. The summed E-state index contributed by atoms with van der Waals surface area (Å²) in [7, 11) is 0. The molecule has 1 rings (SSSR count). The van der Waals surface area contributed by atoms with E-state index >= 15 is 0 Å². The van der Waals surface area contributed by atoms with Gasteiger partial charge in [-0.1, -0.05) is 13.8 Å². The zero-order valence-corrected chi connectivity index (χ0v) is 51.6. The number of unbranched alkanes of at least 4 members (excludes halogenated alkanes) is 1. The van der Waals surface area contributed by atoms with Crippen molar-refractivity contribution in [3.8, 4) is 0 Å². The molecular formula is C53H88N18O22. The number of nitrogens with two attached hydrogens (primary N) is 6. The predicted molar refractivity (Wildman–Crippen MR) is 319 cm³/mol. The number of carboxylic acids is 4. The third kappa shape index (κ3) is 31.6. The SMILES string of the molecule is CC(C)C[C@H](N)C(=O)N[C@@H](CCC(N)=O)C(=O)N[C@@H](CCCCN)C(=O)N[C@@H](CC(=O)O)C(=O)N[C@@H](CCC(=O)O)C(=O)N1CCC[C@H]1C(=O)N[C@@H](CC(N)=O)C(=O)NCC(=O)N[C@@H](CCCN=C(N)N)C(=O)N[C@@H](C)C(=O)N[C@@H](CO)C(=O)N[C@@H](CC(=O)O)C(=O)O. The Kier molecular flexibility index (Phi) is 36.2. The molecule has 0 saturated carbocycles. The molecule has 27 N–H and O–H groups in total. The standard InChI is InChI=1S/C53H88N18O22/c1-24(2)18-26(55)43(83)64-29(11-13-36(56)73)47(87)65-28(8-4-5-15-54)46(86)67-32(20-40(78)79)48(88)66-30(12-14-39(76)77)51(91)71-17-7-10-35(71)50(90)68-31(19-37(57)74)44(84)61-22-38(75)63-27(9-6-16-60-53(58)59)45(85)62-25(3)42(82)70-34(23-72)49(89)69-33(52(92)93)21-41(80)81/h24-35,72H,4-23,54-55H2,1-3H3,(H2,56,73)(H2,57,74)(H,61,84)(H,62,85)(H,63,75)(H,64,83)(H,65,87)(H,66,88)(H,67,86)(H,68,90)(H,69,89)(H,70,82)(H,76,77)(H,78,79)(H,80,81)(H,92,93)(H4,58,59,60)/t25-,26-,27-,28-,29-,30-,31-,32-,33-,34-,35-/m0/s1. The molecule has 0 bridgehead atoms. The van der Waals surface area contributed by atoms with Crippen molar-refractivity contribution in [1.29, 1.82) is 0 Å². The van der Waals surface area contributed by atoms with Crippen molar-refractivity contribution in [2.24, 2.45) is 45.3 Å². The quantitative estimate of drug-likeness (QED) is 0.0153. The Morgan fingerprint density at radius 1 is 0.516 bits per heavy atom. The van der Waals surface area contributed by atoms with E-state index in [0.29, 0.717) is 6.42 Å². The number of hydrogen-bond donors (Lipinski definition) is 21. The van der Waals surface area contributed by atoms with E-state index in [0.717, 1.165) is 11.8 Å². The first-order valence-electron chi connectivity index (χ1n) is 29.4. The first-order chi connectivity index (χ1) is 43.5. The van der Waals surface area contributed by atoms with Gasteiger partial charge < -0.3 is 118 Å². The number of aliphatic imine (C=N–C) groups is 1. The van der Waals surface area contributed by atoms with Crippen molar-refractivity contribution in [1.82, 2.24) is 58.1 Å². The van der Waals surface area contributed by atoms with E-state index in [1.165, 1.54) is 0 Å². The fourth-order valence-corrected chi connectivity index (χ4v) is 8.94. The number of rotatable bonds is 45. The Balaban J connectivity index is 3.40. The van der Waals surface area contributed by atoms with Gasteiger partial charge in [0.25, 0.3) is 0 Å². The van der Waals surface area contributed by atoms with Crippen LogP contribution in [0.15, 0.2) is 4.99 Å². The molecule has 1 aliphatic heterocycles. The Morgan fingerprint density at radius 2 is 1.01 bits per heavy atom. The summed E-state index contributed by atoms with van der Waals surface area (Å²) in [5, 5.41) is 69.7. The number of carboxylic acid groups (broad SMARTS) is 4. The molecule has 0 spiro atoms. The minimum atomic E-state index is -2.04. The molecule has 40 nitrogen and oxygen atoms in total. The molecule has 1 fully saturated rings. The molecule has 1 saturated heterocycles. The first kappa shape index (κ1) is 81.2. The first-order valence-corrected chi connectivity index (χ1v) is 29.4. The van der Waals surface area contributed by atoms with Gasteiger partial charge in [-0.2, -0.15) is 0 Å². The number of carbonyl (C=O) groups excluding carboxylic acids is 13. The summed E-state index contributed by atoms with van der Waals surface area (Å²) in [6.45, 7) is 2.42. The molecule has 11 atom stereocenters. The van der Waals surface area contributed by atoms with Crippen molar-refractivity contribution < 1.29 is 107 Å². The smallest absolute Gasteiger partial charge is 0.326 e. The van der Waals surface area contributed by atoms with Crippen molar-refractivity contribution >= 4 is 107 Å². The number of hydrogen-bond acceptors (Lipinski definition) is 21. The van der Waals surface area contributed by atoms with E-state index in [1.807, 2.05) is 5.32 Å². The second-order valence-electron chi connectivity index (χ2n) is 22.0. The average molecular weight is 1330 g/mol. The van der Waals surface area contributed by atoms with Gasteiger partial charge in [0.2, 0.25) is 76.8 Å². The molecule has 0 unspecified atom stereocenters. The van der Waals surface area contributed by atoms with Gasteiger partial charge in [0.15, 0.2) is 5.96 Å². The van der Waals surface area contributed by atoms with Crippen LogP contribution in [0.2, 0.25) is 0 Å². The maximum Gasteiger partial charge on any atom is 0.326 e. The third-order valence-electron chi connectivity index (χ3n) is 13.7. The van der Waals surface area contributed by atoms with Gasteiger partial charge in [0, 0.05) is 25.9 Å². The van der Waals surface area contributed by atoms with Gasteiger partial charge in [-0.3, -0.25) is 81.7 Å². The van der Waals surface area contributed by atoms with Gasteiger partial charge in [0.05, 0.1) is 38.5 Å². The summed E-state index contributed by atoms with van der Waals surface area (Å²) in [6, 6.07) is -18.2. The largest absolute Gasteiger partial charge is 0.481 e. The summed E-state index contributed by atoms with van der Waals surface area (Å²) in [6.07, 6.45) is -5.12. The van der Waals surface area contributed by atoms with Crippen molar-refractivity contribution in [3.05, 3.63) is 0 Å². The van der Waals surface area contributed by atoms with Crippen LogP contribution < -0.4 is 87.6 Å². The topological polar surface area (TPSA) is 683 Å². The van der Waals surface area contributed by atoms with Gasteiger partial charge in [-0.15, -0.1) is 0 Å². The number of aliphatic hydroxyl groups excluding tert-OH is 1. The van der Waals surface area contributed by atoms with Crippen LogP contribution in [0, 0.1) is 5.92 Å². The van der Waals surface area contributed by atoms with Crippen molar-refractivity contribution in [2.75, 3.05) is 32.8 Å². The van der Waals surface area contributed by atoms with E-state index in [9.17, 15) is 102 Å². The van der Waals surface area contributed by atoms with E-state index < -0.39 is 219 Å². The fraction of sp³-hybridized carbons (Fsp3) is 0.660. The van der Waals surface area contributed by atoms with Crippen LogP contribution in [0.4, 0.5) is 0 Å². The minimum Gasteiger partial charge on any atom is -0.481 e. The number of nitrogens with one attached hydrogen (secondary N) is 10. The lowest BCUT2D eigenvalue weighted by Gasteiger charge is -2.30. The van der Waals surface area contributed by atoms with Gasteiger partial charge in [-0.25, -0.2) is 4.79 Å². The molecular weight excluding hydrogens is 1240 g/mol. The summed E-state index contributed by atoms with van der Waals surface area (Å²) in [5.41, 5.74) is 33.1. The van der Waals surface area contributed by atoms with Crippen LogP contribution in [0.3, 0.4) is 0 Å². The van der Waals surface area contributed by atoms with E-state index in [-0.39, 0.29) is 82.9 Å². The van der Waals surface area contributed by atoms with Crippen LogP contribution in [0.5, 0.6) is 0 Å². The third-order valence-corrected chi connectivity index (χ3v) is 13.7. The van der Waals surface area contributed by atoms with Crippen molar-refractivity contribution in [3.63, 3.8) is 0 Å². The van der Waals surface area contributed by atoms with Crippen LogP contribution in [0.25, 0.3) is 0 Å². The Bertz CT molecular complexity index is 2730. The van der Waals surface area contributed by atoms with Gasteiger partial charge >= 0.3 is 23.9 Å². The van der Waals surface area contributed by atoms with Gasteiger partial charge in [-0.05, 0) is 83.6 Å². The Hall–Kier alpha value is -9.86. The molecule has 1 heterocycles. The number of likely N-dealkylation sites (tertiary alicyclic amines) is 1. The highest BCUT2D eigenvalue weighted by molar-refractivity contribution is 6.00. The highest BCUT2D eigenvalue weighted by Gasteiger charge is 2.41. The zero-order chi connectivity index (χ0) is 70.8. The average Bonchev–Trinajstić information content (AvgIpc) is 1.84. The van der Waals surface area contributed by atoms with E-state index in [2.05, 4.69) is 52.8 Å². The highest BCUT2D eigenvalue weighted by Crippen LogP contribution is 2.21.